The average molecular weight is 372 g/mol. The van der Waals surface area contributed by atoms with Crippen molar-refractivity contribution in [3.8, 4) is 23.0 Å². The van der Waals surface area contributed by atoms with Gasteiger partial charge in [-0.15, -0.1) is 10.2 Å². The molecule has 1 aliphatic heterocycles. The summed E-state index contributed by atoms with van der Waals surface area (Å²) in [6, 6.07) is 5.17. The van der Waals surface area contributed by atoms with E-state index in [0.717, 1.165) is 11.8 Å². The molecule has 0 radical (unpaired) electrons. The highest BCUT2D eigenvalue weighted by Gasteiger charge is 2.38. The van der Waals surface area contributed by atoms with E-state index in [2.05, 4.69) is 10.2 Å². The van der Waals surface area contributed by atoms with Crippen LogP contribution in [0.5, 0.6) is 11.5 Å². The number of hydrogen-bond acceptors (Lipinski definition) is 9. The lowest BCUT2D eigenvalue weighted by atomic mass is 10.2. The van der Waals surface area contributed by atoms with Gasteiger partial charge in [0.1, 0.15) is 0 Å². The second-order valence-corrected chi connectivity index (χ2v) is 8.59. The van der Waals surface area contributed by atoms with Crippen molar-refractivity contribution in [3.05, 3.63) is 18.2 Å². The maximum atomic E-state index is 11.5. The van der Waals surface area contributed by atoms with Gasteiger partial charge in [0.25, 0.3) is 5.22 Å². The normalized spacial score (nSPS) is 22.5. The third kappa shape index (κ3) is 3.50. The fourth-order valence-corrected chi connectivity index (χ4v) is 5.74. The smallest absolute Gasteiger partial charge is 0.277 e. The molecule has 0 saturated carbocycles. The molecular formula is C14H16N2O6S2. The lowest BCUT2D eigenvalue weighted by Gasteiger charge is -2.08. The first-order valence-electron chi connectivity index (χ1n) is 7.03. The number of rotatable bonds is 5. The largest absolute Gasteiger partial charge is 0.493 e. The molecule has 0 amide bonds. The van der Waals surface area contributed by atoms with Crippen LogP contribution in [0.15, 0.2) is 27.8 Å². The Hall–Kier alpha value is -1.78. The third-order valence-electron chi connectivity index (χ3n) is 3.56. The Morgan fingerprint density at radius 2 is 1.96 bits per heavy atom. The summed E-state index contributed by atoms with van der Waals surface area (Å²) in [6.07, 6.45) is -0.934. The molecule has 0 aliphatic carbocycles. The lowest BCUT2D eigenvalue weighted by Crippen LogP contribution is -2.19. The molecule has 0 unspecified atom stereocenters. The van der Waals surface area contributed by atoms with E-state index in [1.54, 1.807) is 25.3 Å². The molecule has 3 rings (SSSR count). The number of benzene rings is 1. The molecular weight excluding hydrogens is 356 g/mol. The molecule has 2 heterocycles. The standard InChI is InChI=1S/C14H16N2O6S2/c1-20-10-4-3-8(5-11(10)21-2)13-15-16-14(22-13)23-12-7-24(18,19)6-9(12)17/h3-5,9,12,17H,6-7H2,1-2H3/t9-,12+/m0/s1. The zero-order valence-electron chi connectivity index (χ0n) is 13.0. The van der Waals surface area contributed by atoms with Crippen molar-refractivity contribution in [2.24, 2.45) is 0 Å². The maximum absolute atomic E-state index is 11.5. The first kappa shape index (κ1) is 17.1. The molecule has 10 heteroatoms. The number of aliphatic hydroxyl groups excluding tert-OH is 1. The Balaban J connectivity index is 1.79. The summed E-state index contributed by atoms with van der Waals surface area (Å²) in [5.41, 5.74) is 0.645. The van der Waals surface area contributed by atoms with E-state index in [9.17, 15) is 13.5 Å². The topological polar surface area (TPSA) is 112 Å². The molecule has 1 aliphatic rings. The van der Waals surface area contributed by atoms with Crippen LogP contribution in [-0.2, 0) is 9.84 Å². The van der Waals surface area contributed by atoms with E-state index in [1.165, 1.54) is 7.11 Å². The molecule has 1 aromatic heterocycles. The SMILES string of the molecule is COc1ccc(-c2nnc(S[C@@H]3CS(=O)(=O)C[C@@H]3O)o2)cc1OC. The van der Waals surface area contributed by atoms with Crippen molar-refractivity contribution in [1.82, 2.24) is 10.2 Å². The first-order valence-corrected chi connectivity index (χ1v) is 9.73. The zero-order valence-corrected chi connectivity index (χ0v) is 14.6. The summed E-state index contributed by atoms with van der Waals surface area (Å²) < 4.78 is 39.0. The molecule has 1 aromatic carbocycles. The fraction of sp³-hybridized carbons (Fsp3) is 0.429. The van der Waals surface area contributed by atoms with Gasteiger partial charge in [0.2, 0.25) is 5.89 Å². The van der Waals surface area contributed by atoms with Crippen LogP contribution in [0.25, 0.3) is 11.5 Å². The average Bonchev–Trinajstić information content (AvgIpc) is 3.11. The molecule has 130 valence electrons. The number of ether oxygens (including phenoxy) is 2. The van der Waals surface area contributed by atoms with E-state index < -0.39 is 21.2 Å². The maximum Gasteiger partial charge on any atom is 0.277 e. The molecule has 2 atom stereocenters. The van der Waals surface area contributed by atoms with Crippen LogP contribution in [0.1, 0.15) is 0 Å². The quantitative estimate of drug-likeness (QED) is 0.821. The van der Waals surface area contributed by atoms with E-state index >= 15 is 0 Å². The highest BCUT2D eigenvalue weighted by atomic mass is 32.2. The second-order valence-electron chi connectivity index (χ2n) is 5.24. The van der Waals surface area contributed by atoms with Crippen molar-refractivity contribution in [1.29, 1.82) is 0 Å². The molecule has 1 N–H and O–H groups in total. The van der Waals surface area contributed by atoms with Crippen molar-refractivity contribution < 1.29 is 27.4 Å². The van der Waals surface area contributed by atoms with Crippen molar-refractivity contribution in [2.75, 3.05) is 25.7 Å². The van der Waals surface area contributed by atoms with Gasteiger partial charge in [-0.2, -0.15) is 0 Å². The van der Waals surface area contributed by atoms with Crippen molar-refractivity contribution >= 4 is 21.6 Å². The van der Waals surface area contributed by atoms with Gasteiger partial charge in [-0.3, -0.25) is 0 Å². The Morgan fingerprint density at radius 1 is 1.21 bits per heavy atom. The van der Waals surface area contributed by atoms with Gasteiger partial charge in [-0.05, 0) is 18.2 Å². The second kappa shape index (κ2) is 6.61. The van der Waals surface area contributed by atoms with Gasteiger partial charge in [-0.1, -0.05) is 11.8 Å². The first-order chi connectivity index (χ1) is 11.4. The summed E-state index contributed by atoms with van der Waals surface area (Å²) >= 11 is 1.07. The predicted molar refractivity (Wildman–Crippen MR) is 87.1 cm³/mol. The Bertz CT molecular complexity index is 836. The molecule has 2 aromatic rings. The van der Waals surface area contributed by atoms with Crippen LogP contribution >= 0.6 is 11.8 Å². The van der Waals surface area contributed by atoms with Crippen LogP contribution in [0.2, 0.25) is 0 Å². The lowest BCUT2D eigenvalue weighted by molar-refractivity contribution is 0.207. The van der Waals surface area contributed by atoms with Crippen LogP contribution in [0.4, 0.5) is 0 Å². The van der Waals surface area contributed by atoms with Crippen LogP contribution < -0.4 is 9.47 Å². The Kier molecular flexibility index (Phi) is 4.70. The Labute approximate surface area is 143 Å². The number of methoxy groups -OCH3 is 2. The van der Waals surface area contributed by atoms with Crippen molar-refractivity contribution in [2.45, 2.75) is 16.6 Å². The van der Waals surface area contributed by atoms with E-state index in [1.807, 2.05) is 0 Å². The molecule has 0 spiro atoms. The summed E-state index contributed by atoms with van der Waals surface area (Å²) in [5, 5.41) is 17.4. The monoisotopic (exact) mass is 372 g/mol. The van der Waals surface area contributed by atoms with Gasteiger partial charge >= 0.3 is 0 Å². The summed E-state index contributed by atoms with van der Waals surface area (Å²) in [7, 11) is -0.150. The van der Waals surface area contributed by atoms with Gasteiger partial charge in [0, 0.05) is 5.56 Å². The van der Waals surface area contributed by atoms with Gasteiger partial charge in [-0.25, -0.2) is 8.42 Å². The fourth-order valence-electron chi connectivity index (χ4n) is 2.38. The minimum absolute atomic E-state index is 0.104. The molecule has 1 saturated heterocycles. The molecule has 8 nitrogen and oxygen atoms in total. The molecule has 1 fully saturated rings. The van der Waals surface area contributed by atoms with Gasteiger partial charge < -0.3 is 19.0 Å². The van der Waals surface area contributed by atoms with Crippen LogP contribution in [-0.4, -0.2) is 60.8 Å². The Morgan fingerprint density at radius 3 is 2.58 bits per heavy atom. The predicted octanol–water partition coefficient (Wildman–Crippen LogP) is 1.00. The number of aliphatic hydroxyl groups is 1. The van der Waals surface area contributed by atoms with Crippen molar-refractivity contribution in [3.63, 3.8) is 0 Å². The summed E-state index contributed by atoms with van der Waals surface area (Å²) in [6.45, 7) is 0. The number of nitrogens with zero attached hydrogens (tertiary/aromatic N) is 2. The van der Waals surface area contributed by atoms with Crippen LogP contribution in [0.3, 0.4) is 0 Å². The number of thioether (sulfide) groups is 1. The minimum Gasteiger partial charge on any atom is -0.493 e. The molecule has 0 bridgehead atoms. The van der Waals surface area contributed by atoms with E-state index in [0.29, 0.717) is 17.1 Å². The van der Waals surface area contributed by atoms with Crippen LogP contribution in [0, 0.1) is 0 Å². The summed E-state index contributed by atoms with van der Waals surface area (Å²) in [4.78, 5) is 0. The summed E-state index contributed by atoms with van der Waals surface area (Å²) in [5.74, 6) is 1.04. The van der Waals surface area contributed by atoms with E-state index in [4.69, 9.17) is 13.9 Å². The minimum atomic E-state index is -3.22. The zero-order chi connectivity index (χ0) is 17.3. The highest BCUT2D eigenvalue weighted by molar-refractivity contribution is 8.01. The number of aromatic nitrogens is 2. The van der Waals surface area contributed by atoms with E-state index in [-0.39, 0.29) is 22.6 Å². The number of hydrogen-bond donors (Lipinski definition) is 1. The van der Waals surface area contributed by atoms with Gasteiger partial charge in [0.15, 0.2) is 21.3 Å². The number of sulfone groups is 1. The molecule has 24 heavy (non-hydrogen) atoms. The third-order valence-corrected chi connectivity index (χ3v) is 6.64. The highest BCUT2D eigenvalue weighted by Crippen LogP contribution is 2.34. The van der Waals surface area contributed by atoms with Gasteiger partial charge in [0.05, 0.1) is 37.1 Å².